The Balaban J connectivity index is 2.18. The largest absolute Gasteiger partial charge is 0.477 e. The minimum atomic E-state index is -1.75. The number of benzene rings is 1. The van der Waals surface area contributed by atoms with E-state index < -0.39 is 47.4 Å². The molecule has 0 saturated heterocycles. The first-order valence-electron chi connectivity index (χ1n) is 7.35. The van der Waals surface area contributed by atoms with Gasteiger partial charge in [0.05, 0.1) is 5.56 Å². The molecule has 0 aliphatic heterocycles. The SMILES string of the molecule is CCc1c(C)sc(NC(=O)COc2c(F)c(F)cc(F)c2F)c1C(N)=O. The van der Waals surface area contributed by atoms with Crippen LogP contribution in [0.4, 0.5) is 22.6 Å². The molecule has 0 atom stereocenters. The molecule has 0 aliphatic rings. The lowest BCUT2D eigenvalue weighted by molar-refractivity contribution is -0.118. The maximum atomic E-state index is 13.5. The summed E-state index contributed by atoms with van der Waals surface area (Å²) in [5.41, 5.74) is 6.13. The number of nitrogens with two attached hydrogens (primary N) is 1. The van der Waals surface area contributed by atoms with Crippen LogP contribution in [0, 0.1) is 30.2 Å². The van der Waals surface area contributed by atoms with Crippen molar-refractivity contribution in [3.8, 4) is 5.75 Å². The van der Waals surface area contributed by atoms with Crippen LogP contribution in [0.2, 0.25) is 0 Å². The van der Waals surface area contributed by atoms with E-state index in [4.69, 9.17) is 5.73 Å². The van der Waals surface area contributed by atoms with Crippen molar-refractivity contribution in [3.05, 3.63) is 45.3 Å². The summed E-state index contributed by atoms with van der Waals surface area (Å²) in [5.74, 6) is -9.80. The summed E-state index contributed by atoms with van der Waals surface area (Å²) >= 11 is 1.10. The Hall–Kier alpha value is -2.62. The monoisotopic (exact) mass is 390 g/mol. The predicted octanol–water partition coefficient (Wildman–Crippen LogP) is 3.29. The van der Waals surface area contributed by atoms with Crippen LogP contribution in [-0.2, 0) is 11.2 Å². The lowest BCUT2D eigenvalue weighted by Gasteiger charge is -2.10. The Bertz CT molecular complexity index is 857. The van der Waals surface area contributed by atoms with Crippen molar-refractivity contribution in [1.29, 1.82) is 0 Å². The average Bonchev–Trinajstić information content (AvgIpc) is 2.88. The van der Waals surface area contributed by atoms with Gasteiger partial charge < -0.3 is 15.8 Å². The number of halogens is 4. The van der Waals surface area contributed by atoms with Crippen molar-refractivity contribution in [2.24, 2.45) is 5.73 Å². The number of aryl methyl sites for hydroxylation is 1. The highest BCUT2D eigenvalue weighted by Crippen LogP contribution is 2.33. The third-order valence-corrected chi connectivity index (χ3v) is 4.54. The quantitative estimate of drug-likeness (QED) is 0.587. The Morgan fingerprint density at radius 2 is 1.77 bits per heavy atom. The van der Waals surface area contributed by atoms with E-state index in [1.165, 1.54) is 0 Å². The Morgan fingerprint density at radius 1 is 1.19 bits per heavy atom. The van der Waals surface area contributed by atoms with Crippen molar-refractivity contribution >= 4 is 28.2 Å². The number of rotatable bonds is 6. The van der Waals surface area contributed by atoms with E-state index in [1.807, 2.05) is 0 Å². The Labute approximate surface area is 149 Å². The minimum Gasteiger partial charge on any atom is -0.477 e. The van der Waals surface area contributed by atoms with Gasteiger partial charge in [0, 0.05) is 10.9 Å². The molecule has 0 radical (unpaired) electrons. The fourth-order valence-electron chi connectivity index (χ4n) is 2.33. The smallest absolute Gasteiger partial charge is 0.262 e. The van der Waals surface area contributed by atoms with E-state index in [0.29, 0.717) is 12.0 Å². The number of primary amides is 1. The topological polar surface area (TPSA) is 81.4 Å². The Morgan fingerprint density at radius 3 is 2.27 bits per heavy atom. The lowest BCUT2D eigenvalue weighted by atomic mass is 10.1. The van der Waals surface area contributed by atoms with Crippen molar-refractivity contribution in [2.75, 3.05) is 11.9 Å². The number of carbonyl (C=O) groups excluding carboxylic acids is 2. The zero-order valence-corrected chi connectivity index (χ0v) is 14.5. The molecule has 26 heavy (non-hydrogen) atoms. The maximum absolute atomic E-state index is 13.5. The zero-order chi connectivity index (χ0) is 19.6. The van der Waals surface area contributed by atoms with E-state index >= 15 is 0 Å². The molecule has 0 aliphatic carbocycles. The minimum absolute atomic E-state index is 0.0252. The number of hydrogen-bond acceptors (Lipinski definition) is 4. The van der Waals surface area contributed by atoms with E-state index in [2.05, 4.69) is 10.1 Å². The van der Waals surface area contributed by atoms with Crippen molar-refractivity contribution in [1.82, 2.24) is 0 Å². The molecule has 2 rings (SSSR count). The highest BCUT2D eigenvalue weighted by atomic mass is 32.1. The molecule has 2 amide bonds. The predicted molar refractivity (Wildman–Crippen MR) is 87.4 cm³/mol. The van der Waals surface area contributed by atoms with Gasteiger partial charge in [0.1, 0.15) is 5.00 Å². The number of hydrogen-bond donors (Lipinski definition) is 2. The molecule has 3 N–H and O–H groups in total. The van der Waals surface area contributed by atoms with Gasteiger partial charge in [-0.05, 0) is 18.9 Å². The molecule has 0 spiro atoms. The van der Waals surface area contributed by atoms with E-state index in [1.54, 1.807) is 13.8 Å². The molecule has 1 heterocycles. The number of nitrogens with one attached hydrogen (secondary N) is 1. The summed E-state index contributed by atoms with van der Waals surface area (Å²) in [6, 6.07) is 0.0252. The van der Waals surface area contributed by atoms with Gasteiger partial charge in [-0.25, -0.2) is 8.78 Å². The van der Waals surface area contributed by atoms with Crippen LogP contribution in [-0.4, -0.2) is 18.4 Å². The summed E-state index contributed by atoms with van der Waals surface area (Å²) < 4.78 is 57.8. The summed E-state index contributed by atoms with van der Waals surface area (Å²) in [6.07, 6.45) is 0.506. The lowest BCUT2D eigenvalue weighted by Crippen LogP contribution is -2.23. The first-order chi connectivity index (χ1) is 12.2. The summed E-state index contributed by atoms with van der Waals surface area (Å²) in [4.78, 5) is 24.3. The van der Waals surface area contributed by atoms with Crippen LogP contribution in [0.1, 0.15) is 27.7 Å². The normalized spacial score (nSPS) is 10.7. The van der Waals surface area contributed by atoms with Gasteiger partial charge in [0.25, 0.3) is 11.8 Å². The number of carbonyl (C=O) groups is 2. The summed E-state index contributed by atoms with van der Waals surface area (Å²) in [6.45, 7) is 2.61. The number of ether oxygens (including phenoxy) is 1. The van der Waals surface area contributed by atoms with Gasteiger partial charge in [-0.2, -0.15) is 8.78 Å². The molecule has 10 heteroatoms. The number of anilines is 1. The third-order valence-electron chi connectivity index (χ3n) is 3.48. The van der Waals surface area contributed by atoms with Gasteiger partial charge >= 0.3 is 0 Å². The van der Waals surface area contributed by atoms with Gasteiger partial charge in [-0.3, -0.25) is 9.59 Å². The molecule has 140 valence electrons. The molecule has 1 aromatic carbocycles. The van der Waals surface area contributed by atoms with E-state index in [0.717, 1.165) is 16.2 Å². The zero-order valence-electron chi connectivity index (χ0n) is 13.7. The molecular weight excluding hydrogens is 376 g/mol. The second kappa shape index (κ2) is 7.73. The average molecular weight is 390 g/mol. The highest BCUT2D eigenvalue weighted by Gasteiger charge is 2.23. The van der Waals surface area contributed by atoms with Crippen LogP contribution >= 0.6 is 11.3 Å². The summed E-state index contributed by atoms with van der Waals surface area (Å²) in [7, 11) is 0. The fraction of sp³-hybridized carbons (Fsp3) is 0.250. The van der Waals surface area contributed by atoms with E-state index in [-0.39, 0.29) is 16.6 Å². The highest BCUT2D eigenvalue weighted by molar-refractivity contribution is 7.16. The van der Waals surface area contributed by atoms with Crippen LogP contribution in [0.25, 0.3) is 0 Å². The van der Waals surface area contributed by atoms with Crippen LogP contribution in [0.5, 0.6) is 5.75 Å². The third kappa shape index (κ3) is 3.79. The first kappa shape index (κ1) is 19.7. The van der Waals surface area contributed by atoms with Crippen molar-refractivity contribution in [2.45, 2.75) is 20.3 Å². The molecular formula is C16H14F4N2O3S. The standard InChI is InChI=1S/C16H14F4N2O3S/c1-3-7-6(2)26-16(11(7)15(21)24)22-10(23)5-25-14-12(19)8(17)4-9(18)13(14)20/h4H,3,5H2,1-2H3,(H2,21,24)(H,22,23). The molecule has 5 nitrogen and oxygen atoms in total. The molecule has 2 aromatic rings. The van der Waals surface area contributed by atoms with Crippen LogP contribution < -0.4 is 15.8 Å². The van der Waals surface area contributed by atoms with Crippen LogP contribution in [0.3, 0.4) is 0 Å². The van der Waals surface area contributed by atoms with Gasteiger partial charge in [0.2, 0.25) is 11.6 Å². The molecule has 1 aromatic heterocycles. The summed E-state index contributed by atoms with van der Waals surface area (Å²) in [5, 5.41) is 2.51. The molecule has 0 unspecified atom stereocenters. The van der Waals surface area contributed by atoms with Crippen molar-refractivity contribution in [3.63, 3.8) is 0 Å². The van der Waals surface area contributed by atoms with Gasteiger partial charge in [-0.1, -0.05) is 6.92 Å². The van der Waals surface area contributed by atoms with E-state index in [9.17, 15) is 27.2 Å². The number of amides is 2. The second-order valence-electron chi connectivity index (χ2n) is 5.19. The Kier molecular flexibility index (Phi) is 5.86. The maximum Gasteiger partial charge on any atom is 0.262 e. The molecule has 0 saturated carbocycles. The first-order valence-corrected chi connectivity index (χ1v) is 8.16. The fourth-order valence-corrected chi connectivity index (χ4v) is 3.50. The second-order valence-corrected chi connectivity index (χ2v) is 6.42. The molecule has 0 bridgehead atoms. The van der Waals surface area contributed by atoms with Crippen LogP contribution in [0.15, 0.2) is 6.07 Å². The molecule has 0 fully saturated rings. The van der Waals surface area contributed by atoms with Gasteiger partial charge in [0.15, 0.2) is 24.0 Å². The number of thiophene rings is 1. The van der Waals surface area contributed by atoms with Gasteiger partial charge in [-0.15, -0.1) is 11.3 Å². The van der Waals surface area contributed by atoms with Crippen molar-refractivity contribution < 1.29 is 31.9 Å².